The monoisotopic (exact) mass is 448 g/mol. The van der Waals surface area contributed by atoms with E-state index < -0.39 is 10.0 Å². The van der Waals surface area contributed by atoms with Gasteiger partial charge < -0.3 is 5.32 Å². The molecule has 1 heterocycles. The van der Waals surface area contributed by atoms with Gasteiger partial charge in [0, 0.05) is 11.0 Å². The first-order valence-corrected chi connectivity index (χ1v) is 10.3. The fraction of sp³-hybridized carbons (Fsp3) is 0.111. The second-order valence-corrected chi connectivity index (χ2v) is 8.38. The molecule has 0 aliphatic rings. The van der Waals surface area contributed by atoms with Crippen molar-refractivity contribution < 1.29 is 13.2 Å². The minimum absolute atomic E-state index is 0.00786. The predicted molar refractivity (Wildman–Crippen MR) is 105 cm³/mol. The van der Waals surface area contributed by atoms with Gasteiger partial charge in [-0.3, -0.25) is 4.79 Å². The molecule has 27 heavy (non-hydrogen) atoms. The van der Waals surface area contributed by atoms with E-state index in [-0.39, 0.29) is 17.3 Å². The highest BCUT2D eigenvalue weighted by atomic mass is 79.9. The Morgan fingerprint density at radius 3 is 2.59 bits per heavy atom. The van der Waals surface area contributed by atoms with Gasteiger partial charge in [-0.1, -0.05) is 28.1 Å². The standard InChI is InChI=1S/C18H17BrN4O3S/c1-12-17(11-22-23(12)15-7-5-14(19)6-8-15)18(24)21-10-13-3-2-4-16(9-13)27(20,25)26/h2-9,11H,10H2,1H3,(H,21,24)(H2,20,25,26). The van der Waals surface area contributed by atoms with Gasteiger partial charge >= 0.3 is 0 Å². The van der Waals surface area contributed by atoms with Gasteiger partial charge in [0.05, 0.1) is 28.0 Å². The number of nitrogens with zero attached hydrogens (tertiary/aromatic N) is 2. The summed E-state index contributed by atoms with van der Waals surface area (Å²) in [5.74, 6) is -0.295. The maximum Gasteiger partial charge on any atom is 0.255 e. The number of amides is 1. The summed E-state index contributed by atoms with van der Waals surface area (Å²) in [6, 6.07) is 13.7. The highest BCUT2D eigenvalue weighted by Crippen LogP contribution is 2.17. The zero-order valence-electron chi connectivity index (χ0n) is 14.4. The molecule has 0 fully saturated rings. The summed E-state index contributed by atoms with van der Waals surface area (Å²) in [5, 5.41) is 12.2. The summed E-state index contributed by atoms with van der Waals surface area (Å²) in [6.45, 7) is 1.98. The Morgan fingerprint density at radius 2 is 1.93 bits per heavy atom. The first-order valence-electron chi connectivity index (χ1n) is 7.96. The highest BCUT2D eigenvalue weighted by Gasteiger charge is 2.15. The van der Waals surface area contributed by atoms with Crippen molar-refractivity contribution in [3.8, 4) is 5.69 Å². The van der Waals surface area contributed by atoms with Crippen LogP contribution < -0.4 is 10.5 Å². The van der Waals surface area contributed by atoms with Crippen LogP contribution in [0.1, 0.15) is 21.6 Å². The number of nitrogens with two attached hydrogens (primary N) is 1. The zero-order chi connectivity index (χ0) is 19.6. The summed E-state index contributed by atoms with van der Waals surface area (Å²) >= 11 is 3.39. The van der Waals surface area contributed by atoms with E-state index in [0.717, 1.165) is 10.2 Å². The third-order valence-corrected chi connectivity index (χ3v) is 5.45. The topological polar surface area (TPSA) is 107 Å². The molecule has 3 N–H and O–H groups in total. The summed E-state index contributed by atoms with van der Waals surface area (Å²) < 4.78 is 25.5. The van der Waals surface area contributed by atoms with E-state index in [0.29, 0.717) is 16.8 Å². The molecule has 1 aromatic heterocycles. The quantitative estimate of drug-likeness (QED) is 0.624. The van der Waals surface area contributed by atoms with Gasteiger partial charge in [-0.15, -0.1) is 0 Å². The van der Waals surface area contributed by atoms with Gasteiger partial charge in [-0.25, -0.2) is 18.2 Å². The normalized spacial score (nSPS) is 11.4. The average Bonchev–Trinajstić information content (AvgIpc) is 3.01. The number of primary sulfonamides is 1. The Kier molecular flexibility index (Phi) is 5.45. The number of sulfonamides is 1. The lowest BCUT2D eigenvalue weighted by Gasteiger charge is -2.08. The number of hydrogen-bond acceptors (Lipinski definition) is 4. The lowest BCUT2D eigenvalue weighted by molar-refractivity contribution is 0.0950. The Morgan fingerprint density at radius 1 is 1.22 bits per heavy atom. The molecule has 1 amide bonds. The summed E-state index contributed by atoms with van der Waals surface area (Å²) in [4.78, 5) is 12.5. The van der Waals surface area contributed by atoms with Crippen molar-refractivity contribution in [1.29, 1.82) is 0 Å². The minimum atomic E-state index is -3.78. The first kappa shape index (κ1) is 19.3. The van der Waals surface area contributed by atoms with Gasteiger partial charge in [0.1, 0.15) is 0 Å². The number of aromatic nitrogens is 2. The van der Waals surface area contributed by atoms with Crippen LogP contribution in [0.4, 0.5) is 0 Å². The van der Waals surface area contributed by atoms with Crippen molar-refractivity contribution in [2.24, 2.45) is 5.14 Å². The summed E-state index contributed by atoms with van der Waals surface area (Å²) in [7, 11) is -3.78. The van der Waals surface area contributed by atoms with E-state index in [4.69, 9.17) is 5.14 Å². The van der Waals surface area contributed by atoms with Crippen LogP contribution >= 0.6 is 15.9 Å². The molecule has 0 saturated heterocycles. The molecule has 0 aliphatic heterocycles. The van der Waals surface area contributed by atoms with Crippen molar-refractivity contribution in [3.05, 3.63) is 76.0 Å². The Balaban J connectivity index is 1.75. The Hall–Kier alpha value is -2.49. The molecule has 140 valence electrons. The van der Waals surface area contributed by atoms with Gasteiger partial charge in [-0.2, -0.15) is 5.10 Å². The van der Waals surface area contributed by atoms with Crippen molar-refractivity contribution >= 4 is 31.9 Å². The van der Waals surface area contributed by atoms with Crippen molar-refractivity contribution in [3.63, 3.8) is 0 Å². The Labute approximate surface area is 165 Å². The number of benzene rings is 2. The van der Waals surface area contributed by atoms with Crippen LogP contribution in [0, 0.1) is 6.92 Å². The molecule has 0 aliphatic carbocycles. The highest BCUT2D eigenvalue weighted by molar-refractivity contribution is 9.10. The summed E-state index contributed by atoms with van der Waals surface area (Å²) in [5.41, 5.74) is 2.62. The maximum absolute atomic E-state index is 12.5. The predicted octanol–water partition coefficient (Wildman–Crippen LogP) is 2.52. The molecule has 0 atom stereocenters. The van der Waals surface area contributed by atoms with Gasteiger partial charge in [0.15, 0.2) is 0 Å². The molecule has 3 aromatic rings. The molecular weight excluding hydrogens is 432 g/mol. The zero-order valence-corrected chi connectivity index (χ0v) is 16.8. The van der Waals surface area contributed by atoms with Crippen LogP contribution in [0.15, 0.2) is 64.1 Å². The molecule has 0 unspecified atom stereocenters. The Bertz CT molecular complexity index is 1090. The molecular formula is C18H17BrN4O3S. The maximum atomic E-state index is 12.5. The van der Waals surface area contributed by atoms with Crippen molar-refractivity contribution in [1.82, 2.24) is 15.1 Å². The van der Waals surface area contributed by atoms with Gasteiger partial charge in [-0.05, 0) is 48.9 Å². The molecule has 0 bridgehead atoms. The molecule has 0 spiro atoms. The smallest absolute Gasteiger partial charge is 0.255 e. The second-order valence-electron chi connectivity index (χ2n) is 5.91. The fourth-order valence-electron chi connectivity index (χ4n) is 2.59. The van der Waals surface area contributed by atoms with Gasteiger partial charge in [0.2, 0.25) is 10.0 Å². The molecule has 7 nitrogen and oxygen atoms in total. The molecule has 0 radical (unpaired) electrons. The van der Waals surface area contributed by atoms with E-state index in [9.17, 15) is 13.2 Å². The van der Waals surface area contributed by atoms with Crippen LogP contribution in [0.3, 0.4) is 0 Å². The summed E-state index contributed by atoms with van der Waals surface area (Å²) in [6.07, 6.45) is 1.51. The van der Waals surface area contributed by atoms with Crippen LogP contribution in [0.25, 0.3) is 5.69 Å². The van der Waals surface area contributed by atoms with Crippen LogP contribution in [0.5, 0.6) is 0 Å². The number of carbonyl (C=O) groups excluding carboxylic acids is 1. The average molecular weight is 449 g/mol. The van der Waals surface area contributed by atoms with Gasteiger partial charge in [0.25, 0.3) is 5.91 Å². The van der Waals surface area contributed by atoms with E-state index in [1.807, 2.05) is 31.2 Å². The van der Waals surface area contributed by atoms with E-state index >= 15 is 0 Å². The van der Waals surface area contributed by atoms with Crippen LogP contribution in [-0.2, 0) is 16.6 Å². The lowest BCUT2D eigenvalue weighted by Crippen LogP contribution is -2.23. The van der Waals surface area contributed by atoms with Crippen molar-refractivity contribution in [2.45, 2.75) is 18.4 Å². The minimum Gasteiger partial charge on any atom is -0.348 e. The molecule has 3 rings (SSSR count). The molecule has 2 aromatic carbocycles. The SMILES string of the molecule is Cc1c(C(=O)NCc2cccc(S(N)(=O)=O)c2)cnn1-c1ccc(Br)cc1. The number of halogens is 1. The number of carbonyl (C=O) groups is 1. The molecule has 0 saturated carbocycles. The lowest BCUT2D eigenvalue weighted by atomic mass is 10.2. The van der Waals surface area contributed by atoms with Crippen molar-refractivity contribution in [2.75, 3.05) is 0 Å². The van der Waals surface area contributed by atoms with E-state index in [1.165, 1.54) is 18.3 Å². The van der Waals surface area contributed by atoms with Crippen LogP contribution in [-0.4, -0.2) is 24.1 Å². The second kappa shape index (κ2) is 7.63. The van der Waals surface area contributed by atoms with E-state index in [1.54, 1.807) is 16.8 Å². The number of nitrogens with one attached hydrogen (secondary N) is 1. The number of rotatable bonds is 5. The van der Waals surface area contributed by atoms with Crippen LogP contribution in [0.2, 0.25) is 0 Å². The largest absolute Gasteiger partial charge is 0.348 e. The molecule has 9 heteroatoms. The fourth-order valence-corrected chi connectivity index (χ4v) is 3.43. The number of hydrogen-bond donors (Lipinski definition) is 2. The third-order valence-electron chi connectivity index (χ3n) is 4.01. The third kappa shape index (κ3) is 4.44. The van der Waals surface area contributed by atoms with E-state index in [2.05, 4.69) is 26.3 Å². The first-order chi connectivity index (χ1) is 12.8.